The molecule has 1 amide bonds. The second-order valence-electron chi connectivity index (χ2n) is 6.06. The summed E-state index contributed by atoms with van der Waals surface area (Å²) in [5.74, 6) is -0.523. The van der Waals surface area contributed by atoms with Crippen LogP contribution in [0.2, 0.25) is 0 Å². The summed E-state index contributed by atoms with van der Waals surface area (Å²) in [4.78, 5) is 23.0. The van der Waals surface area contributed by atoms with Crippen LogP contribution >= 0.6 is 0 Å². The zero-order chi connectivity index (χ0) is 15.1. The lowest BCUT2D eigenvalue weighted by atomic mass is 10.1. The molecule has 0 aliphatic carbocycles. The number of hydrogen-bond donors (Lipinski definition) is 1. The third kappa shape index (κ3) is 10.5. The molecule has 0 fully saturated rings. The van der Waals surface area contributed by atoms with Crippen molar-refractivity contribution in [1.29, 1.82) is 0 Å². The van der Waals surface area contributed by atoms with Crippen molar-refractivity contribution >= 4 is 11.9 Å². The van der Waals surface area contributed by atoms with Gasteiger partial charge in [-0.2, -0.15) is 0 Å². The fourth-order valence-electron chi connectivity index (χ4n) is 1.45. The number of carbonyl (C=O) groups excluding carboxylic acids is 2. The Balaban J connectivity index is 3.91. The Kier molecular flexibility index (Phi) is 7.05. The van der Waals surface area contributed by atoms with Crippen molar-refractivity contribution in [3.63, 3.8) is 0 Å². The van der Waals surface area contributed by atoms with E-state index in [9.17, 15) is 9.59 Å². The highest BCUT2D eigenvalue weighted by Gasteiger charge is 2.20. The van der Waals surface area contributed by atoms with Crippen molar-refractivity contribution in [3.8, 4) is 0 Å². The van der Waals surface area contributed by atoms with E-state index in [1.807, 2.05) is 20.8 Å². The van der Waals surface area contributed by atoms with Gasteiger partial charge in [-0.15, -0.1) is 0 Å². The highest BCUT2D eigenvalue weighted by Crippen LogP contribution is 2.10. The molecule has 0 aromatic heterocycles. The molecule has 0 saturated heterocycles. The molecule has 0 radical (unpaired) electrons. The standard InChI is InChI=1S/C14H27NO4/c1-7-18-14(5,6)10-15-11(16)8-9-12(17)19-13(2,3)4/h7-10H2,1-6H3,(H,15,16). The average Bonchev–Trinajstić information content (AvgIpc) is 2.21. The molecule has 0 aromatic rings. The van der Waals surface area contributed by atoms with Crippen molar-refractivity contribution < 1.29 is 19.1 Å². The van der Waals surface area contributed by atoms with E-state index in [4.69, 9.17) is 9.47 Å². The lowest BCUT2D eigenvalue weighted by molar-refractivity contribution is -0.155. The Labute approximate surface area is 116 Å². The maximum absolute atomic E-state index is 11.6. The second kappa shape index (κ2) is 7.48. The predicted octanol–water partition coefficient (Wildman–Crippen LogP) is 2.04. The van der Waals surface area contributed by atoms with E-state index in [1.165, 1.54) is 0 Å². The fraction of sp³-hybridized carbons (Fsp3) is 0.857. The predicted molar refractivity (Wildman–Crippen MR) is 73.8 cm³/mol. The van der Waals surface area contributed by atoms with Gasteiger partial charge in [0, 0.05) is 19.6 Å². The zero-order valence-corrected chi connectivity index (χ0v) is 13.0. The lowest BCUT2D eigenvalue weighted by Crippen LogP contribution is -2.40. The number of rotatable bonds is 7. The van der Waals surface area contributed by atoms with Crippen molar-refractivity contribution in [3.05, 3.63) is 0 Å². The molecule has 0 aliphatic heterocycles. The van der Waals surface area contributed by atoms with E-state index in [0.717, 1.165) is 0 Å². The van der Waals surface area contributed by atoms with Gasteiger partial charge in [-0.05, 0) is 41.5 Å². The van der Waals surface area contributed by atoms with Crippen molar-refractivity contribution in [2.75, 3.05) is 13.2 Å². The van der Waals surface area contributed by atoms with Gasteiger partial charge in [-0.1, -0.05) is 0 Å². The number of amides is 1. The quantitative estimate of drug-likeness (QED) is 0.721. The lowest BCUT2D eigenvalue weighted by Gasteiger charge is -2.25. The van der Waals surface area contributed by atoms with Gasteiger partial charge in [0.25, 0.3) is 0 Å². The smallest absolute Gasteiger partial charge is 0.306 e. The zero-order valence-electron chi connectivity index (χ0n) is 13.0. The molecule has 112 valence electrons. The first-order valence-corrected chi connectivity index (χ1v) is 6.68. The summed E-state index contributed by atoms with van der Waals surface area (Å²) in [6.07, 6.45) is 0.231. The summed E-state index contributed by atoms with van der Waals surface area (Å²) >= 11 is 0. The molecule has 0 atom stereocenters. The van der Waals surface area contributed by atoms with Crippen molar-refractivity contribution in [2.24, 2.45) is 0 Å². The first-order chi connectivity index (χ1) is 8.56. The Morgan fingerprint density at radius 1 is 1.05 bits per heavy atom. The number of hydrogen-bond acceptors (Lipinski definition) is 4. The topological polar surface area (TPSA) is 64.6 Å². The minimum Gasteiger partial charge on any atom is -0.460 e. The van der Waals surface area contributed by atoms with Gasteiger partial charge in [0.05, 0.1) is 12.0 Å². The van der Waals surface area contributed by atoms with Crippen LogP contribution in [-0.2, 0) is 19.1 Å². The number of ether oxygens (including phenoxy) is 2. The van der Waals surface area contributed by atoms with Crippen LogP contribution in [0.5, 0.6) is 0 Å². The molecular formula is C14H27NO4. The number of carbonyl (C=O) groups is 2. The van der Waals surface area contributed by atoms with E-state index in [2.05, 4.69) is 5.32 Å². The summed E-state index contributed by atoms with van der Waals surface area (Å²) in [7, 11) is 0. The molecular weight excluding hydrogens is 246 g/mol. The molecule has 0 unspecified atom stereocenters. The average molecular weight is 273 g/mol. The number of esters is 1. The molecule has 19 heavy (non-hydrogen) atoms. The molecule has 0 heterocycles. The van der Waals surface area contributed by atoms with E-state index in [0.29, 0.717) is 13.2 Å². The Morgan fingerprint density at radius 3 is 2.11 bits per heavy atom. The molecule has 5 nitrogen and oxygen atoms in total. The molecule has 0 spiro atoms. The van der Waals surface area contributed by atoms with Crippen LogP contribution in [0.1, 0.15) is 54.4 Å². The van der Waals surface area contributed by atoms with Gasteiger partial charge >= 0.3 is 5.97 Å². The van der Waals surface area contributed by atoms with Crippen molar-refractivity contribution in [2.45, 2.75) is 65.6 Å². The van der Waals surface area contributed by atoms with Gasteiger partial charge in [0.2, 0.25) is 5.91 Å². The van der Waals surface area contributed by atoms with Crippen LogP contribution in [0, 0.1) is 0 Å². The minimum absolute atomic E-state index is 0.0954. The largest absolute Gasteiger partial charge is 0.460 e. The summed E-state index contributed by atoms with van der Waals surface area (Å²) in [5.41, 5.74) is -0.902. The Morgan fingerprint density at radius 2 is 1.63 bits per heavy atom. The van der Waals surface area contributed by atoms with E-state index in [1.54, 1.807) is 20.8 Å². The highest BCUT2D eigenvalue weighted by molar-refractivity contribution is 5.81. The van der Waals surface area contributed by atoms with Crippen LogP contribution < -0.4 is 5.32 Å². The van der Waals surface area contributed by atoms with Gasteiger partial charge in [-0.3, -0.25) is 9.59 Å². The summed E-state index contributed by atoms with van der Waals surface area (Å²) < 4.78 is 10.6. The van der Waals surface area contributed by atoms with E-state index in [-0.39, 0.29) is 24.7 Å². The maximum Gasteiger partial charge on any atom is 0.306 e. The fourth-order valence-corrected chi connectivity index (χ4v) is 1.45. The summed E-state index contributed by atoms with van der Waals surface area (Å²) in [6.45, 7) is 12.1. The molecule has 0 aromatic carbocycles. The van der Waals surface area contributed by atoms with E-state index >= 15 is 0 Å². The highest BCUT2D eigenvalue weighted by atomic mass is 16.6. The molecule has 0 bridgehead atoms. The Hall–Kier alpha value is -1.10. The Bertz CT molecular complexity index is 305. The van der Waals surface area contributed by atoms with Crippen LogP contribution in [-0.4, -0.2) is 36.2 Å². The molecule has 0 rings (SSSR count). The minimum atomic E-state index is -0.509. The van der Waals surface area contributed by atoms with Crippen LogP contribution in [0.25, 0.3) is 0 Å². The van der Waals surface area contributed by atoms with Crippen LogP contribution in [0.15, 0.2) is 0 Å². The van der Waals surface area contributed by atoms with Crippen LogP contribution in [0.3, 0.4) is 0 Å². The van der Waals surface area contributed by atoms with E-state index < -0.39 is 11.2 Å². The maximum atomic E-state index is 11.6. The van der Waals surface area contributed by atoms with Gasteiger partial charge in [-0.25, -0.2) is 0 Å². The third-order valence-electron chi connectivity index (χ3n) is 2.22. The number of nitrogens with one attached hydrogen (secondary N) is 1. The monoisotopic (exact) mass is 273 g/mol. The molecule has 0 saturated carbocycles. The molecule has 5 heteroatoms. The van der Waals surface area contributed by atoms with Gasteiger partial charge < -0.3 is 14.8 Å². The normalized spacial score (nSPS) is 12.1. The van der Waals surface area contributed by atoms with Gasteiger partial charge in [0.15, 0.2) is 0 Å². The second-order valence-corrected chi connectivity index (χ2v) is 6.06. The molecule has 0 aliphatic rings. The summed E-state index contributed by atoms with van der Waals surface area (Å²) in [6, 6.07) is 0. The first kappa shape index (κ1) is 17.9. The van der Waals surface area contributed by atoms with Gasteiger partial charge in [0.1, 0.15) is 5.60 Å². The van der Waals surface area contributed by atoms with Crippen molar-refractivity contribution in [1.82, 2.24) is 5.32 Å². The SMILES string of the molecule is CCOC(C)(C)CNC(=O)CCC(=O)OC(C)(C)C. The third-order valence-corrected chi connectivity index (χ3v) is 2.22. The first-order valence-electron chi connectivity index (χ1n) is 6.68. The molecule has 1 N–H and O–H groups in total. The summed E-state index contributed by atoms with van der Waals surface area (Å²) in [5, 5.41) is 2.75. The van der Waals surface area contributed by atoms with Crippen LogP contribution in [0.4, 0.5) is 0 Å².